The van der Waals surface area contributed by atoms with Crippen molar-refractivity contribution in [1.82, 2.24) is 0 Å². The van der Waals surface area contributed by atoms with E-state index >= 15 is 0 Å². The second-order valence-corrected chi connectivity index (χ2v) is 6.81. The van der Waals surface area contributed by atoms with E-state index in [0.717, 1.165) is 32.1 Å². The highest BCUT2D eigenvalue weighted by molar-refractivity contribution is 5.00. The first-order chi connectivity index (χ1) is 10.6. The van der Waals surface area contributed by atoms with E-state index in [1.165, 1.54) is 12.8 Å². The zero-order chi connectivity index (χ0) is 16.5. The molecule has 0 rings (SSSR count). The predicted molar refractivity (Wildman–Crippen MR) is 103 cm³/mol. The molecule has 0 aliphatic carbocycles. The largest absolute Gasteiger partial charge is 0.0885 e. The lowest BCUT2D eigenvalue weighted by molar-refractivity contribution is 0.381. The van der Waals surface area contributed by atoms with Gasteiger partial charge in [0.25, 0.3) is 0 Å². The average molecular weight is 301 g/mol. The minimum absolute atomic E-state index is 0.450. The van der Waals surface area contributed by atoms with E-state index in [9.17, 15) is 0 Å². The van der Waals surface area contributed by atoms with E-state index in [2.05, 4.69) is 88.5 Å². The Balaban J connectivity index is 3.52. The number of hydrogen-bond donors (Lipinski definition) is 0. The lowest BCUT2D eigenvalue weighted by Gasteiger charge is -2.15. The maximum Gasteiger partial charge on any atom is -0.0169 e. The van der Waals surface area contributed by atoms with Crippen LogP contribution < -0.4 is 0 Å². The Labute approximate surface area is 139 Å². The molecule has 0 fully saturated rings. The van der Waals surface area contributed by atoms with Crippen LogP contribution in [0.5, 0.6) is 0 Å². The molecule has 0 amide bonds. The Bertz CT molecular complexity index is 369. The van der Waals surface area contributed by atoms with E-state index in [1.807, 2.05) is 0 Å². The van der Waals surface area contributed by atoms with Gasteiger partial charge in [-0.2, -0.15) is 0 Å². The third-order valence-corrected chi connectivity index (χ3v) is 3.22. The summed E-state index contributed by atoms with van der Waals surface area (Å²) in [5.41, 5.74) is 0.450. The van der Waals surface area contributed by atoms with Crippen molar-refractivity contribution in [2.75, 3.05) is 0 Å². The second-order valence-electron chi connectivity index (χ2n) is 6.81. The summed E-state index contributed by atoms with van der Waals surface area (Å²) in [6.45, 7) is 9.05. The Kier molecular flexibility index (Phi) is 13.8. The van der Waals surface area contributed by atoms with Crippen molar-refractivity contribution in [2.24, 2.45) is 5.41 Å². The van der Waals surface area contributed by atoms with Crippen LogP contribution in [-0.2, 0) is 0 Å². The van der Waals surface area contributed by atoms with Crippen molar-refractivity contribution >= 4 is 0 Å². The molecular weight excluding hydrogens is 264 g/mol. The molecule has 0 radical (unpaired) electrons. The van der Waals surface area contributed by atoms with Crippen LogP contribution >= 0.6 is 0 Å². The lowest BCUT2D eigenvalue weighted by Crippen LogP contribution is -2.02. The van der Waals surface area contributed by atoms with Gasteiger partial charge in [0, 0.05) is 0 Å². The number of hydrogen-bond acceptors (Lipinski definition) is 0. The summed E-state index contributed by atoms with van der Waals surface area (Å²) in [7, 11) is 0. The molecular formula is C22H36. The van der Waals surface area contributed by atoms with Gasteiger partial charge in [-0.1, -0.05) is 88.5 Å². The van der Waals surface area contributed by atoms with Gasteiger partial charge in [-0.25, -0.2) is 0 Å². The summed E-state index contributed by atoms with van der Waals surface area (Å²) in [6.07, 6.45) is 30.2. The van der Waals surface area contributed by atoms with Crippen LogP contribution in [0.3, 0.4) is 0 Å². The Morgan fingerprint density at radius 1 is 0.545 bits per heavy atom. The number of allylic oxidation sites excluding steroid dienone is 10. The van der Waals surface area contributed by atoms with Gasteiger partial charge >= 0.3 is 0 Å². The summed E-state index contributed by atoms with van der Waals surface area (Å²) in [5.74, 6) is 0. The van der Waals surface area contributed by atoms with E-state index in [1.54, 1.807) is 0 Å². The highest BCUT2D eigenvalue weighted by atomic mass is 14.1. The molecule has 0 nitrogen and oxygen atoms in total. The van der Waals surface area contributed by atoms with Crippen molar-refractivity contribution < 1.29 is 0 Å². The fraction of sp³-hybridized carbons (Fsp3) is 0.545. The lowest BCUT2D eigenvalue weighted by atomic mass is 9.90. The van der Waals surface area contributed by atoms with Crippen molar-refractivity contribution in [3.05, 3.63) is 60.8 Å². The van der Waals surface area contributed by atoms with Gasteiger partial charge < -0.3 is 0 Å². The Morgan fingerprint density at radius 2 is 0.909 bits per heavy atom. The van der Waals surface area contributed by atoms with Crippen LogP contribution in [0.2, 0.25) is 0 Å². The minimum atomic E-state index is 0.450. The summed E-state index contributed by atoms with van der Waals surface area (Å²) < 4.78 is 0. The summed E-state index contributed by atoms with van der Waals surface area (Å²) in [5, 5.41) is 0. The molecule has 22 heavy (non-hydrogen) atoms. The van der Waals surface area contributed by atoms with Gasteiger partial charge in [0.15, 0.2) is 0 Å². The molecule has 0 aromatic carbocycles. The molecule has 0 bridgehead atoms. The normalized spacial score (nSPS) is 13.8. The molecule has 0 spiro atoms. The highest BCUT2D eigenvalue weighted by Crippen LogP contribution is 2.20. The third kappa shape index (κ3) is 18.7. The first-order valence-electron chi connectivity index (χ1n) is 8.81. The van der Waals surface area contributed by atoms with Crippen molar-refractivity contribution in [3.63, 3.8) is 0 Å². The van der Waals surface area contributed by atoms with Gasteiger partial charge in [0.2, 0.25) is 0 Å². The third-order valence-electron chi connectivity index (χ3n) is 3.22. The summed E-state index contributed by atoms with van der Waals surface area (Å²) >= 11 is 0. The quantitative estimate of drug-likeness (QED) is 0.345. The fourth-order valence-electron chi connectivity index (χ4n) is 1.88. The summed E-state index contributed by atoms with van der Waals surface area (Å²) in [4.78, 5) is 0. The SMILES string of the molecule is CC/C=C\C/C=C\C/C=C\C/C=C\C/C=C\CCC(C)(C)C. The summed E-state index contributed by atoms with van der Waals surface area (Å²) in [6, 6.07) is 0. The van der Waals surface area contributed by atoms with Gasteiger partial charge in [-0.15, -0.1) is 0 Å². The fourth-order valence-corrected chi connectivity index (χ4v) is 1.88. The molecule has 0 unspecified atom stereocenters. The minimum Gasteiger partial charge on any atom is -0.0885 e. The van der Waals surface area contributed by atoms with Gasteiger partial charge in [0.1, 0.15) is 0 Å². The molecule has 0 aromatic rings. The number of rotatable bonds is 11. The molecule has 0 heteroatoms. The molecule has 0 atom stereocenters. The van der Waals surface area contributed by atoms with E-state index < -0.39 is 0 Å². The smallest absolute Gasteiger partial charge is 0.0169 e. The second kappa shape index (κ2) is 14.6. The van der Waals surface area contributed by atoms with Crippen LogP contribution in [0, 0.1) is 5.41 Å². The monoisotopic (exact) mass is 300 g/mol. The molecule has 0 aromatic heterocycles. The van der Waals surface area contributed by atoms with Gasteiger partial charge in [0.05, 0.1) is 0 Å². The molecule has 0 aliphatic heterocycles. The van der Waals surface area contributed by atoms with Crippen molar-refractivity contribution in [2.45, 2.75) is 72.6 Å². The molecule has 124 valence electrons. The van der Waals surface area contributed by atoms with E-state index in [4.69, 9.17) is 0 Å². The molecule has 0 heterocycles. The van der Waals surface area contributed by atoms with Crippen molar-refractivity contribution in [3.8, 4) is 0 Å². The topological polar surface area (TPSA) is 0 Å². The van der Waals surface area contributed by atoms with Crippen LogP contribution in [0.25, 0.3) is 0 Å². The zero-order valence-electron chi connectivity index (χ0n) is 15.2. The van der Waals surface area contributed by atoms with Crippen LogP contribution in [-0.4, -0.2) is 0 Å². The van der Waals surface area contributed by atoms with Gasteiger partial charge in [-0.3, -0.25) is 0 Å². The zero-order valence-corrected chi connectivity index (χ0v) is 15.2. The maximum atomic E-state index is 2.31. The first kappa shape index (κ1) is 20.7. The van der Waals surface area contributed by atoms with Crippen molar-refractivity contribution in [1.29, 1.82) is 0 Å². The average Bonchev–Trinajstić information content (AvgIpc) is 2.45. The molecule has 0 saturated carbocycles. The Morgan fingerprint density at radius 3 is 1.27 bits per heavy atom. The molecule has 0 aliphatic rings. The van der Waals surface area contributed by atoms with E-state index in [0.29, 0.717) is 5.41 Å². The van der Waals surface area contributed by atoms with Crippen LogP contribution in [0.4, 0.5) is 0 Å². The molecule has 0 saturated heterocycles. The Hall–Kier alpha value is -1.30. The highest BCUT2D eigenvalue weighted by Gasteiger charge is 2.07. The predicted octanol–water partition coefficient (Wildman–Crippen LogP) is 7.56. The standard InChI is InChI=1S/C22H36/c1-5-6-7-8-9-10-11-12-13-14-15-16-17-18-19-20-21-22(2,3)4/h6-7,9-10,12-13,15-16,18-19H,5,8,11,14,17,20-21H2,1-4H3/b7-6-,10-9-,13-12-,16-15-,19-18-. The van der Waals surface area contributed by atoms with Gasteiger partial charge in [-0.05, 0) is 50.4 Å². The maximum absolute atomic E-state index is 2.31. The first-order valence-corrected chi connectivity index (χ1v) is 8.81. The van der Waals surface area contributed by atoms with Crippen LogP contribution in [0.1, 0.15) is 72.6 Å². The molecule has 0 N–H and O–H groups in total. The van der Waals surface area contributed by atoms with E-state index in [-0.39, 0.29) is 0 Å². The van der Waals surface area contributed by atoms with Crippen LogP contribution in [0.15, 0.2) is 60.8 Å².